The molecule has 0 aliphatic rings. The first kappa shape index (κ1) is 18.8. The molecule has 0 bridgehead atoms. The van der Waals surface area contributed by atoms with Gasteiger partial charge in [0.25, 0.3) is 5.91 Å². The van der Waals surface area contributed by atoms with Gasteiger partial charge in [0, 0.05) is 5.56 Å². The van der Waals surface area contributed by atoms with E-state index in [4.69, 9.17) is 16.3 Å². The lowest BCUT2D eigenvalue weighted by Gasteiger charge is -2.09. The number of aromatic nitrogens is 2. The summed E-state index contributed by atoms with van der Waals surface area (Å²) in [6.45, 7) is 0. The van der Waals surface area contributed by atoms with Gasteiger partial charge in [-0.3, -0.25) is 14.9 Å². The van der Waals surface area contributed by atoms with Crippen molar-refractivity contribution in [1.82, 2.24) is 10.2 Å². The molecule has 0 spiro atoms. The number of halogens is 1. The quantitative estimate of drug-likeness (QED) is 0.614. The van der Waals surface area contributed by atoms with E-state index in [2.05, 4.69) is 20.8 Å². The monoisotopic (exact) mass is 402 g/mol. The molecule has 0 saturated heterocycles. The average Bonchev–Trinajstić information content (AvgIpc) is 3.16. The summed E-state index contributed by atoms with van der Waals surface area (Å²) in [5.74, 6) is -0.252. The second kappa shape index (κ2) is 8.61. The van der Waals surface area contributed by atoms with E-state index in [1.807, 2.05) is 24.3 Å². The molecule has 0 aliphatic heterocycles. The minimum Gasteiger partial charge on any atom is -0.497 e. The Hall–Kier alpha value is -2.97. The molecule has 0 radical (unpaired) electrons. The van der Waals surface area contributed by atoms with E-state index >= 15 is 0 Å². The van der Waals surface area contributed by atoms with Gasteiger partial charge in [-0.05, 0) is 36.4 Å². The Morgan fingerprint density at radius 2 is 1.81 bits per heavy atom. The molecule has 0 fully saturated rings. The van der Waals surface area contributed by atoms with Crippen LogP contribution in [0.4, 0.5) is 10.8 Å². The first-order valence-electron chi connectivity index (χ1n) is 7.85. The number of alkyl halides is 1. The zero-order valence-electron chi connectivity index (χ0n) is 14.2. The highest BCUT2D eigenvalue weighted by molar-refractivity contribution is 7.18. The van der Waals surface area contributed by atoms with Crippen LogP contribution in [0.5, 0.6) is 5.75 Å². The molecule has 138 valence electrons. The van der Waals surface area contributed by atoms with Crippen LogP contribution in [0.25, 0.3) is 10.6 Å². The number of hydrogen-bond donors (Lipinski definition) is 2. The van der Waals surface area contributed by atoms with Crippen LogP contribution in [-0.2, 0) is 4.79 Å². The smallest absolute Gasteiger partial charge is 0.259 e. The Kier molecular flexibility index (Phi) is 6.00. The molecule has 1 aromatic heterocycles. The highest BCUT2D eigenvalue weighted by Crippen LogP contribution is 2.28. The maximum atomic E-state index is 12.6. The Morgan fingerprint density at radius 3 is 2.52 bits per heavy atom. The van der Waals surface area contributed by atoms with E-state index in [9.17, 15) is 9.59 Å². The largest absolute Gasteiger partial charge is 0.497 e. The van der Waals surface area contributed by atoms with Crippen LogP contribution in [0.15, 0.2) is 48.5 Å². The van der Waals surface area contributed by atoms with Gasteiger partial charge in [-0.15, -0.1) is 21.8 Å². The molecule has 2 N–H and O–H groups in total. The van der Waals surface area contributed by atoms with Crippen molar-refractivity contribution in [3.8, 4) is 16.3 Å². The number of amides is 2. The van der Waals surface area contributed by atoms with Crippen LogP contribution in [0, 0.1) is 0 Å². The molecular formula is C18H15ClN4O3S. The van der Waals surface area contributed by atoms with Gasteiger partial charge in [0.15, 0.2) is 0 Å². The molecular weight excluding hydrogens is 388 g/mol. The number of para-hydroxylation sites is 1. The predicted molar refractivity (Wildman–Crippen MR) is 106 cm³/mol. The van der Waals surface area contributed by atoms with Gasteiger partial charge in [-0.25, -0.2) is 0 Å². The summed E-state index contributed by atoms with van der Waals surface area (Å²) < 4.78 is 5.13. The third kappa shape index (κ3) is 4.60. The average molecular weight is 403 g/mol. The van der Waals surface area contributed by atoms with Gasteiger partial charge in [0.1, 0.15) is 16.6 Å². The Bertz CT molecular complexity index is 959. The zero-order chi connectivity index (χ0) is 19.2. The first-order chi connectivity index (χ1) is 13.1. The molecule has 1 heterocycles. The lowest BCUT2D eigenvalue weighted by Crippen LogP contribution is -2.18. The SMILES string of the molecule is COc1ccc(-c2nnc(NC(=O)c3ccccc3NC(=O)CCl)s2)cc1. The Labute approximate surface area is 164 Å². The van der Waals surface area contributed by atoms with Gasteiger partial charge < -0.3 is 10.1 Å². The first-order valence-corrected chi connectivity index (χ1v) is 9.20. The number of methoxy groups -OCH3 is 1. The number of benzene rings is 2. The van der Waals surface area contributed by atoms with Crippen molar-refractivity contribution < 1.29 is 14.3 Å². The number of anilines is 2. The summed E-state index contributed by atoms with van der Waals surface area (Å²) in [5, 5.41) is 14.4. The molecule has 3 rings (SSSR count). The van der Waals surface area contributed by atoms with Crippen LogP contribution < -0.4 is 15.4 Å². The van der Waals surface area contributed by atoms with Crippen molar-refractivity contribution in [3.05, 3.63) is 54.1 Å². The number of carbonyl (C=O) groups excluding carboxylic acids is 2. The summed E-state index contributed by atoms with van der Waals surface area (Å²) in [6, 6.07) is 14.0. The third-order valence-electron chi connectivity index (χ3n) is 3.55. The van der Waals surface area contributed by atoms with Crippen molar-refractivity contribution in [2.75, 3.05) is 23.6 Å². The number of nitrogens with zero attached hydrogens (tertiary/aromatic N) is 2. The van der Waals surface area contributed by atoms with Crippen LogP contribution in [-0.4, -0.2) is 35.0 Å². The molecule has 9 heteroatoms. The van der Waals surface area contributed by atoms with E-state index in [0.29, 0.717) is 21.4 Å². The minimum atomic E-state index is -0.405. The number of ether oxygens (including phenoxy) is 1. The summed E-state index contributed by atoms with van der Waals surface area (Å²) in [4.78, 5) is 24.1. The standard InChI is InChI=1S/C18H15ClN4O3S/c1-26-12-8-6-11(7-9-12)17-22-23-18(27-17)21-16(25)13-4-2-3-5-14(13)20-15(24)10-19/h2-9H,10H2,1H3,(H,20,24)(H,21,23,25). The van der Waals surface area contributed by atoms with Gasteiger partial charge in [0.2, 0.25) is 11.0 Å². The highest BCUT2D eigenvalue weighted by Gasteiger charge is 2.15. The van der Waals surface area contributed by atoms with Gasteiger partial charge >= 0.3 is 0 Å². The molecule has 0 saturated carbocycles. The summed E-state index contributed by atoms with van der Waals surface area (Å²) in [5.41, 5.74) is 1.54. The summed E-state index contributed by atoms with van der Waals surface area (Å²) in [7, 11) is 1.60. The van der Waals surface area contributed by atoms with Crippen LogP contribution in [0.3, 0.4) is 0 Å². The molecule has 2 aromatic carbocycles. The van der Waals surface area contributed by atoms with Crippen LogP contribution >= 0.6 is 22.9 Å². The van der Waals surface area contributed by atoms with E-state index in [1.165, 1.54) is 11.3 Å². The normalized spacial score (nSPS) is 10.3. The molecule has 7 nitrogen and oxygen atoms in total. The molecule has 27 heavy (non-hydrogen) atoms. The minimum absolute atomic E-state index is 0.197. The van der Waals surface area contributed by atoms with E-state index in [1.54, 1.807) is 31.4 Å². The zero-order valence-corrected chi connectivity index (χ0v) is 15.8. The van der Waals surface area contributed by atoms with Gasteiger partial charge in [-0.2, -0.15) is 0 Å². The van der Waals surface area contributed by atoms with Crippen molar-refractivity contribution in [3.63, 3.8) is 0 Å². The molecule has 0 unspecified atom stereocenters. The predicted octanol–water partition coefficient (Wildman–Crippen LogP) is 3.64. The van der Waals surface area contributed by atoms with Gasteiger partial charge in [-0.1, -0.05) is 23.5 Å². The number of rotatable bonds is 6. The number of hydrogen-bond acceptors (Lipinski definition) is 6. The molecule has 2 amide bonds. The fourth-order valence-corrected chi connectivity index (χ4v) is 3.07. The molecule has 0 atom stereocenters. The number of nitrogens with one attached hydrogen (secondary N) is 2. The maximum absolute atomic E-state index is 12.6. The lowest BCUT2D eigenvalue weighted by atomic mass is 10.1. The second-order valence-electron chi connectivity index (χ2n) is 5.32. The van der Waals surface area contributed by atoms with Crippen molar-refractivity contribution in [2.45, 2.75) is 0 Å². The van der Waals surface area contributed by atoms with Crippen LogP contribution in [0.1, 0.15) is 10.4 Å². The van der Waals surface area contributed by atoms with Crippen LogP contribution in [0.2, 0.25) is 0 Å². The number of carbonyl (C=O) groups is 2. The fourth-order valence-electron chi connectivity index (χ4n) is 2.26. The molecule has 3 aromatic rings. The van der Waals surface area contributed by atoms with E-state index < -0.39 is 11.8 Å². The maximum Gasteiger partial charge on any atom is 0.259 e. The lowest BCUT2D eigenvalue weighted by molar-refractivity contribution is -0.113. The Morgan fingerprint density at radius 1 is 1.07 bits per heavy atom. The van der Waals surface area contributed by atoms with Crippen molar-refractivity contribution in [1.29, 1.82) is 0 Å². The highest BCUT2D eigenvalue weighted by atomic mass is 35.5. The topological polar surface area (TPSA) is 93.2 Å². The molecule has 0 aliphatic carbocycles. The summed E-state index contributed by atoms with van der Waals surface area (Å²) in [6.07, 6.45) is 0. The van der Waals surface area contributed by atoms with Crippen molar-refractivity contribution in [2.24, 2.45) is 0 Å². The Balaban J connectivity index is 1.75. The fraction of sp³-hybridized carbons (Fsp3) is 0.111. The van der Waals surface area contributed by atoms with Gasteiger partial charge in [0.05, 0.1) is 18.4 Å². The van der Waals surface area contributed by atoms with E-state index in [-0.39, 0.29) is 5.88 Å². The summed E-state index contributed by atoms with van der Waals surface area (Å²) >= 11 is 6.75. The van der Waals surface area contributed by atoms with E-state index in [0.717, 1.165) is 11.3 Å². The third-order valence-corrected chi connectivity index (χ3v) is 4.68. The second-order valence-corrected chi connectivity index (χ2v) is 6.57. The van der Waals surface area contributed by atoms with Crippen molar-refractivity contribution >= 4 is 45.6 Å².